The van der Waals surface area contributed by atoms with Gasteiger partial charge in [0.25, 0.3) is 0 Å². The van der Waals surface area contributed by atoms with Crippen molar-refractivity contribution in [3.63, 3.8) is 0 Å². The van der Waals surface area contributed by atoms with Crippen LogP contribution in [0.3, 0.4) is 0 Å². The standard InChI is InChI=1S/C22H23NO8S/c1-13(24)27-19-12-32-22(21(29-15(3)26)20(19)28-14(2)25)31-18-9-17(10-23-11-18)30-16-7-5-4-6-8-16/h4-11,19-22H,12H2,1-3H3/t19-,20+,21-,22-/m1/s1. The van der Waals surface area contributed by atoms with Crippen molar-refractivity contribution in [2.45, 2.75) is 44.5 Å². The van der Waals surface area contributed by atoms with Gasteiger partial charge in [-0.2, -0.15) is 0 Å². The van der Waals surface area contributed by atoms with Crippen LogP contribution >= 0.6 is 11.8 Å². The zero-order chi connectivity index (χ0) is 23.1. The van der Waals surface area contributed by atoms with E-state index in [2.05, 4.69) is 4.98 Å². The van der Waals surface area contributed by atoms with Crippen molar-refractivity contribution in [2.75, 3.05) is 5.75 Å². The van der Waals surface area contributed by atoms with Gasteiger partial charge in [0.1, 0.15) is 17.2 Å². The number of carbonyl (C=O) groups excluding carboxylic acids is 3. The molecule has 170 valence electrons. The minimum atomic E-state index is -1.02. The molecule has 0 spiro atoms. The lowest BCUT2D eigenvalue weighted by Crippen LogP contribution is -2.55. The topological polar surface area (TPSA) is 110 Å². The summed E-state index contributed by atoms with van der Waals surface area (Å²) < 4.78 is 27.9. The number of para-hydroxylation sites is 1. The third-order valence-corrected chi connectivity index (χ3v) is 5.44. The summed E-state index contributed by atoms with van der Waals surface area (Å²) in [6, 6.07) is 10.8. The van der Waals surface area contributed by atoms with Crippen LogP contribution in [0.25, 0.3) is 0 Å². The summed E-state index contributed by atoms with van der Waals surface area (Å²) in [4.78, 5) is 39.1. The van der Waals surface area contributed by atoms with E-state index in [1.807, 2.05) is 18.2 Å². The first kappa shape index (κ1) is 23.4. The first-order chi connectivity index (χ1) is 15.3. The highest BCUT2D eigenvalue weighted by Gasteiger charge is 2.47. The lowest BCUT2D eigenvalue weighted by Gasteiger charge is -2.39. The first-order valence-electron chi connectivity index (χ1n) is 9.79. The highest BCUT2D eigenvalue weighted by atomic mass is 32.2. The molecule has 3 rings (SSSR count). The van der Waals surface area contributed by atoms with Crippen LogP contribution in [0.2, 0.25) is 0 Å². The Hall–Kier alpha value is -3.27. The maximum absolute atomic E-state index is 11.8. The van der Waals surface area contributed by atoms with Gasteiger partial charge < -0.3 is 23.7 Å². The molecule has 2 heterocycles. The molecule has 0 bridgehead atoms. The third kappa shape index (κ3) is 6.61. The van der Waals surface area contributed by atoms with Crippen molar-refractivity contribution < 1.29 is 38.1 Å². The number of hydrogen-bond acceptors (Lipinski definition) is 10. The number of pyridine rings is 1. The van der Waals surface area contributed by atoms with E-state index in [4.69, 9.17) is 23.7 Å². The number of thioether (sulfide) groups is 1. The van der Waals surface area contributed by atoms with Gasteiger partial charge in [-0.3, -0.25) is 19.4 Å². The fourth-order valence-electron chi connectivity index (χ4n) is 3.09. The van der Waals surface area contributed by atoms with Gasteiger partial charge in [0.05, 0.1) is 12.4 Å². The molecule has 0 unspecified atom stereocenters. The van der Waals surface area contributed by atoms with E-state index in [0.717, 1.165) is 0 Å². The average molecular weight is 461 g/mol. The maximum Gasteiger partial charge on any atom is 0.303 e. The second-order valence-corrected chi connectivity index (χ2v) is 8.02. The van der Waals surface area contributed by atoms with Crippen LogP contribution in [0.4, 0.5) is 0 Å². The molecule has 1 fully saturated rings. The molecule has 0 N–H and O–H groups in total. The van der Waals surface area contributed by atoms with Crippen molar-refractivity contribution in [1.82, 2.24) is 4.98 Å². The van der Waals surface area contributed by atoms with Gasteiger partial charge in [-0.05, 0) is 12.1 Å². The predicted octanol–water partition coefficient (Wildman–Crippen LogP) is 3.12. The zero-order valence-electron chi connectivity index (χ0n) is 17.8. The van der Waals surface area contributed by atoms with Gasteiger partial charge in [-0.15, -0.1) is 11.8 Å². The number of esters is 3. The molecule has 1 saturated heterocycles. The molecular formula is C22H23NO8S. The molecule has 10 heteroatoms. The van der Waals surface area contributed by atoms with Gasteiger partial charge in [0.2, 0.25) is 0 Å². The number of ether oxygens (including phenoxy) is 5. The quantitative estimate of drug-likeness (QED) is 0.450. The molecule has 2 aromatic rings. The van der Waals surface area contributed by atoms with Gasteiger partial charge in [-0.1, -0.05) is 18.2 Å². The summed E-state index contributed by atoms with van der Waals surface area (Å²) in [5.41, 5.74) is -0.746. The van der Waals surface area contributed by atoms with Gasteiger partial charge >= 0.3 is 17.9 Å². The van der Waals surface area contributed by atoms with Crippen LogP contribution in [-0.4, -0.2) is 52.4 Å². The lowest BCUT2D eigenvalue weighted by molar-refractivity contribution is -0.186. The Kier molecular flexibility index (Phi) is 7.93. The number of rotatable bonds is 7. The number of benzene rings is 1. The molecule has 0 saturated carbocycles. The smallest absolute Gasteiger partial charge is 0.303 e. The van der Waals surface area contributed by atoms with Gasteiger partial charge in [0, 0.05) is 32.6 Å². The second kappa shape index (κ2) is 10.9. The predicted molar refractivity (Wildman–Crippen MR) is 114 cm³/mol. The molecule has 1 aliphatic rings. The number of nitrogens with zero attached hydrogens (tertiary/aromatic N) is 1. The van der Waals surface area contributed by atoms with Crippen LogP contribution in [0.1, 0.15) is 20.8 Å². The molecule has 32 heavy (non-hydrogen) atoms. The summed E-state index contributed by atoms with van der Waals surface area (Å²) in [5, 5.41) is 0. The van der Waals surface area contributed by atoms with E-state index in [1.54, 1.807) is 18.2 Å². The SMILES string of the molecule is CC(=O)O[C@@H]1[C@@H](OC(C)=O)[C@H](OC(C)=O)CS[C@H]1Oc1cncc(Oc2ccccc2)c1. The van der Waals surface area contributed by atoms with Crippen molar-refractivity contribution in [2.24, 2.45) is 0 Å². The number of hydrogen-bond donors (Lipinski definition) is 0. The molecule has 1 aromatic carbocycles. The molecule has 0 amide bonds. The molecule has 1 aliphatic heterocycles. The van der Waals surface area contributed by atoms with Crippen molar-refractivity contribution in [1.29, 1.82) is 0 Å². The van der Waals surface area contributed by atoms with E-state index in [9.17, 15) is 14.4 Å². The Balaban J connectivity index is 1.80. The van der Waals surface area contributed by atoms with Crippen LogP contribution in [0.5, 0.6) is 17.2 Å². The minimum absolute atomic E-state index is 0.271. The Labute approximate surface area is 189 Å². The average Bonchev–Trinajstić information content (AvgIpc) is 2.72. The normalized spacial score (nSPS) is 22.3. The lowest BCUT2D eigenvalue weighted by atomic mass is 10.1. The number of aromatic nitrogens is 1. The highest BCUT2D eigenvalue weighted by molar-refractivity contribution is 7.99. The summed E-state index contributed by atoms with van der Waals surface area (Å²) in [6.07, 6.45) is 0.191. The van der Waals surface area contributed by atoms with E-state index >= 15 is 0 Å². The van der Waals surface area contributed by atoms with Crippen molar-refractivity contribution in [3.8, 4) is 17.2 Å². The largest absolute Gasteiger partial charge is 0.474 e. The van der Waals surface area contributed by atoms with Crippen LogP contribution in [0, 0.1) is 0 Å². The van der Waals surface area contributed by atoms with Crippen LogP contribution in [-0.2, 0) is 28.6 Å². The molecule has 9 nitrogen and oxygen atoms in total. The Bertz CT molecular complexity index is 954. The van der Waals surface area contributed by atoms with Gasteiger partial charge in [0.15, 0.2) is 23.7 Å². The monoisotopic (exact) mass is 461 g/mol. The minimum Gasteiger partial charge on any atom is -0.474 e. The molecule has 0 radical (unpaired) electrons. The van der Waals surface area contributed by atoms with E-state index < -0.39 is 41.7 Å². The molecule has 0 aliphatic carbocycles. The zero-order valence-corrected chi connectivity index (χ0v) is 18.6. The van der Waals surface area contributed by atoms with Gasteiger partial charge in [-0.25, -0.2) is 0 Å². The van der Waals surface area contributed by atoms with Crippen molar-refractivity contribution >= 4 is 29.7 Å². The van der Waals surface area contributed by atoms with E-state index in [-0.39, 0.29) is 5.75 Å². The Morgan fingerprint density at radius 2 is 1.47 bits per heavy atom. The van der Waals surface area contributed by atoms with Crippen molar-refractivity contribution in [3.05, 3.63) is 48.8 Å². The molecule has 1 aromatic heterocycles. The summed E-state index contributed by atoms with van der Waals surface area (Å²) >= 11 is 1.26. The highest BCUT2D eigenvalue weighted by Crippen LogP contribution is 2.35. The molecular weight excluding hydrogens is 438 g/mol. The fraction of sp³-hybridized carbons (Fsp3) is 0.364. The van der Waals surface area contributed by atoms with E-state index in [0.29, 0.717) is 17.2 Å². The van der Waals surface area contributed by atoms with Crippen LogP contribution in [0.15, 0.2) is 48.8 Å². The summed E-state index contributed by atoms with van der Waals surface area (Å²) in [7, 11) is 0. The Morgan fingerprint density at radius 3 is 2.12 bits per heavy atom. The first-order valence-corrected chi connectivity index (χ1v) is 10.8. The third-order valence-electron chi connectivity index (χ3n) is 4.22. The Morgan fingerprint density at radius 1 is 0.844 bits per heavy atom. The maximum atomic E-state index is 11.8. The van der Waals surface area contributed by atoms with E-state index in [1.165, 1.54) is 44.9 Å². The number of carbonyl (C=O) groups is 3. The summed E-state index contributed by atoms with van der Waals surface area (Å²) in [5.74, 6) is -0.0142. The molecule has 4 atom stereocenters. The fourth-order valence-corrected chi connectivity index (χ4v) is 4.30. The van der Waals surface area contributed by atoms with Crippen LogP contribution < -0.4 is 9.47 Å². The second-order valence-electron chi connectivity index (χ2n) is 6.89. The summed E-state index contributed by atoms with van der Waals surface area (Å²) in [6.45, 7) is 3.71.